The van der Waals surface area contributed by atoms with Gasteiger partial charge in [-0.25, -0.2) is 14.6 Å². The standard InChI is InChI=1S/C31H27IN2O8S/c1-5-41-30(38)25-16(2)33-31-34(27(25)26-19-9-7-6-8-18(19)10-11-21(26)39-3)29(37)23(43-31)14-17-12-20(32)28(22(13-17)40-4)42-15-24(35)36/h6-14,27H,5,15H2,1-4H3,(H,35,36)/b23-14-/t27-/m0/s1. The molecule has 1 aliphatic rings. The molecule has 10 nitrogen and oxygen atoms in total. The number of hydrogen-bond acceptors (Lipinski definition) is 9. The van der Waals surface area contributed by atoms with E-state index in [9.17, 15) is 14.4 Å². The van der Waals surface area contributed by atoms with E-state index in [1.165, 1.54) is 23.0 Å². The lowest BCUT2D eigenvalue weighted by Gasteiger charge is -2.27. The Morgan fingerprint density at radius 2 is 1.86 bits per heavy atom. The molecule has 0 spiro atoms. The number of carbonyl (C=O) groups is 2. The maximum atomic E-state index is 14.2. The number of ether oxygens (including phenoxy) is 4. The molecule has 2 heterocycles. The molecule has 222 valence electrons. The van der Waals surface area contributed by atoms with Crippen LogP contribution in [-0.2, 0) is 14.3 Å². The topological polar surface area (TPSA) is 126 Å². The molecule has 3 aromatic carbocycles. The number of esters is 1. The molecule has 4 aromatic rings. The molecule has 1 aliphatic heterocycles. The zero-order valence-electron chi connectivity index (χ0n) is 23.7. The van der Waals surface area contributed by atoms with Gasteiger partial charge in [-0.15, -0.1) is 0 Å². The van der Waals surface area contributed by atoms with Crippen LogP contribution in [0.15, 0.2) is 69.6 Å². The van der Waals surface area contributed by atoms with Gasteiger partial charge in [0.1, 0.15) is 11.8 Å². The van der Waals surface area contributed by atoms with E-state index in [-0.39, 0.29) is 17.7 Å². The van der Waals surface area contributed by atoms with Crippen molar-refractivity contribution in [2.75, 3.05) is 27.4 Å². The molecule has 0 aliphatic carbocycles. The van der Waals surface area contributed by atoms with Crippen LogP contribution in [0.3, 0.4) is 0 Å². The molecule has 12 heteroatoms. The summed E-state index contributed by atoms with van der Waals surface area (Å²) in [6, 6.07) is 14.0. The zero-order valence-corrected chi connectivity index (χ0v) is 26.6. The molecule has 43 heavy (non-hydrogen) atoms. The van der Waals surface area contributed by atoms with Crippen LogP contribution < -0.4 is 29.1 Å². The lowest BCUT2D eigenvalue weighted by Crippen LogP contribution is -2.40. The number of nitrogens with zero attached hydrogens (tertiary/aromatic N) is 2. The average molecular weight is 715 g/mol. The molecule has 0 saturated heterocycles. The van der Waals surface area contributed by atoms with Gasteiger partial charge in [0.05, 0.1) is 40.2 Å². The Morgan fingerprint density at radius 1 is 1.12 bits per heavy atom. The number of rotatable bonds is 9. The largest absolute Gasteiger partial charge is 0.496 e. The molecule has 5 rings (SSSR count). The fourth-order valence-corrected chi connectivity index (χ4v) is 6.88. The van der Waals surface area contributed by atoms with Gasteiger partial charge < -0.3 is 24.1 Å². The molecular weight excluding hydrogens is 687 g/mol. The van der Waals surface area contributed by atoms with Gasteiger partial charge in [0.25, 0.3) is 5.56 Å². The third kappa shape index (κ3) is 5.76. The predicted molar refractivity (Wildman–Crippen MR) is 170 cm³/mol. The SMILES string of the molecule is CCOC(=O)C1=C(C)N=c2s/c(=C\c3cc(I)c(OCC(=O)O)c(OC)c3)c(=O)n2[C@@H]1c1c(OC)ccc2ccccc12. The fraction of sp³-hybridized carbons (Fsp3) is 0.226. The third-order valence-electron chi connectivity index (χ3n) is 6.83. The summed E-state index contributed by atoms with van der Waals surface area (Å²) in [5, 5.41) is 10.8. The second-order valence-corrected chi connectivity index (χ2v) is 11.6. The number of methoxy groups -OCH3 is 2. The summed E-state index contributed by atoms with van der Waals surface area (Å²) in [6.07, 6.45) is 1.70. The number of halogens is 1. The summed E-state index contributed by atoms with van der Waals surface area (Å²) in [5.41, 5.74) is 1.64. The van der Waals surface area contributed by atoms with E-state index in [1.54, 1.807) is 39.2 Å². The van der Waals surface area contributed by atoms with Crippen LogP contribution in [0.1, 0.15) is 31.0 Å². The maximum Gasteiger partial charge on any atom is 0.341 e. The molecular formula is C31H27IN2O8S. The van der Waals surface area contributed by atoms with Crippen LogP contribution in [0.5, 0.6) is 17.2 Å². The Balaban J connectivity index is 1.76. The summed E-state index contributed by atoms with van der Waals surface area (Å²) < 4.78 is 24.6. The Labute approximate surface area is 263 Å². The van der Waals surface area contributed by atoms with Crippen molar-refractivity contribution in [2.45, 2.75) is 19.9 Å². The first-order valence-electron chi connectivity index (χ1n) is 13.2. The van der Waals surface area contributed by atoms with Gasteiger partial charge in [0.15, 0.2) is 22.9 Å². The van der Waals surface area contributed by atoms with E-state index >= 15 is 0 Å². The molecule has 0 bridgehead atoms. The van der Waals surface area contributed by atoms with E-state index in [4.69, 9.17) is 24.1 Å². The summed E-state index contributed by atoms with van der Waals surface area (Å²) in [6.45, 7) is 3.09. The Kier molecular flexibility index (Phi) is 8.87. The number of aromatic nitrogens is 1. The molecule has 1 atom stereocenters. The van der Waals surface area contributed by atoms with Crippen LogP contribution in [0.25, 0.3) is 16.8 Å². The number of fused-ring (bicyclic) bond motifs is 2. The maximum absolute atomic E-state index is 14.2. The van der Waals surface area contributed by atoms with Crippen molar-refractivity contribution >= 4 is 62.7 Å². The van der Waals surface area contributed by atoms with E-state index < -0.39 is 24.6 Å². The van der Waals surface area contributed by atoms with Gasteiger partial charge in [-0.05, 0) is 77.0 Å². The first kappa shape index (κ1) is 30.3. The van der Waals surface area contributed by atoms with Crippen molar-refractivity contribution in [1.82, 2.24) is 4.57 Å². The van der Waals surface area contributed by atoms with E-state index in [0.29, 0.717) is 47.0 Å². The zero-order chi connectivity index (χ0) is 30.8. The van der Waals surface area contributed by atoms with Crippen LogP contribution >= 0.6 is 33.9 Å². The highest BCUT2D eigenvalue weighted by molar-refractivity contribution is 14.1. The van der Waals surface area contributed by atoms with Crippen LogP contribution in [0.2, 0.25) is 0 Å². The smallest absolute Gasteiger partial charge is 0.341 e. The van der Waals surface area contributed by atoms with E-state index in [2.05, 4.69) is 4.99 Å². The molecule has 0 fully saturated rings. The minimum absolute atomic E-state index is 0.159. The Morgan fingerprint density at radius 3 is 2.56 bits per heavy atom. The molecule has 0 saturated carbocycles. The number of benzene rings is 3. The van der Waals surface area contributed by atoms with Crippen LogP contribution in [0.4, 0.5) is 0 Å². The van der Waals surface area contributed by atoms with Crippen molar-refractivity contribution in [1.29, 1.82) is 0 Å². The van der Waals surface area contributed by atoms with Gasteiger partial charge in [0, 0.05) is 5.56 Å². The molecule has 1 N–H and O–H groups in total. The van der Waals surface area contributed by atoms with Gasteiger partial charge in [0.2, 0.25) is 0 Å². The predicted octanol–water partition coefficient (Wildman–Crippen LogP) is 4.04. The summed E-state index contributed by atoms with van der Waals surface area (Å²) in [7, 11) is 3.00. The van der Waals surface area contributed by atoms with Crippen molar-refractivity contribution in [2.24, 2.45) is 4.99 Å². The highest BCUT2D eigenvalue weighted by Crippen LogP contribution is 2.40. The second-order valence-electron chi connectivity index (χ2n) is 9.42. The summed E-state index contributed by atoms with van der Waals surface area (Å²) in [5.74, 6) is -0.536. The number of carbonyl (C=O) groups excluding carboxylic acids is 1. The number of allylic oxidation sites excluding steroid dienone is 1. The first-order chi connectivity index (χ1) is 20.7. The van der Waals surface area contributed by atoms with Crippen molar-refractivity contribution in [3.05, 3.63) is 94.2 Å². The summed E-state index contributed by atoms with van der Waals surface area (Å²) in [4.78, 5) is 43.7. The van der Waals surface area contributed by atoms with Gasteiger partial charge in [-0.3, -0.25) is 9.36 Å². The van der Waals surface area contributed by atoms with Gasteiger partial charge in [-0.1, -0.05) is 41.7 Å². The molecule has 1 aromatic heterocycles. The highest BCUT2D eigenvalue weighted by atomic mass is 127. The fourth-order valence-electron chi connectivity index (χ4n) is 5.05. The van der Waals surface area contributed by atoms with Crippen molar-refractivity contribution < 1.29 is 33.6 Å². The minimum Gasteiger partial charge on any atom is -0.496 e. The van der Waals surface area contributed by atoms with Gasteiger partial charge in [-0.2, -0.15) is 0 Å². The normalized spacial score (nSPS) is 14.7. The summed E-state index contributed by atoms with van der Waals surface area (Å²) >= 11 is 3.22. The number of carboxylic acid groups (broad SMARTS) is 1. The van der Waals surface area contributed by atoms with Crippen molar-refractivity contribution in [3.8, 4) is 17.2 Å². The monoisotopic (exact) mass is 714 g/mol. The second kappa shape index (κ2) is 12.6. The lowest BCUT2D eigenvalue weighted by atomic mass is 9.90. The average Bonchev–Trinajstić information content (AvgIpc) is 3.28. The highest BCUT2D eigenvalue weighted by Gasteiger charge is 2.36. The minimum atomic E-state index is -1.11. The Bertz CT molecular complexity index is 1980. The quantitative estimate of drug-likeness (QED) is 0.204. The lowest BCUT2D eigenvalue weighted by molar-refractivity contribution is -0.140. The third-order valence-corrected chi connectivity index (χ3v) is 8.61. The van der Waals surface area contributed by atoms with E-state index in [1.807, 2.05) is 59.0 Å². The number of carboxylic acids is 1. The number of thiazole rings is 1. The number of aliphatic carboxylic acids is 1. The van der Waals surface area contributed by atoms with Crippen LogP contribution in [0, 0.1) is 3.57 Å². The van der Waals surface area contributed by atoms with Crippen molar-refractivity contribution in [3.63, 3.8) is 0 Å². The van der Waals surface area contributed by atoms with Crippen LogP contribution in [-0.4, -0.2) is 49.0 Å². The molecule has 0 unspecified atom stereocenters. The molecule has 0 amide bonds. The molecule has 0 radical (unpaired) electrons. The number of hydrogen-bond donors (Lipinski definition) is 1. The Hall–Kier alpha value is -4.17. The van der Waals surface area contributed by atoms with Gasteiger partial charge >= 0.3 is 11.9 Å². The first-order valence-corrected chi connectivity index (χ1v) is 15.0. The van der Waals surface area contributed by atoms with E-state index in [0.717, 1.165) is 10.8 Å².